The van der Waals surface area contributed by atoms with Crippen LogP contribution in [0.1, 0.15) is 47.4 Å². The van der Waals surface area contributed by atoms with Gasteiger partial charge in [-0.15, -0.1) is 0 Å². The number of hydrogen-bond donors (Lipinski definition) is 2. The van der Waals surface area contributed by atoms with Gasteiger partial charge in [-0.1, -0.05) is 0 Å². The predicted octanol–water partition coefficient (Wildman–Crippen LogP) is 1.17. The normalized spacial score (nSPS) is 10.1. The van der Waals surface area contributed by atoms with Crippen molar-refractivity contribution < 1.29 is 19.2 Å². The van der Waals surface area contributed by atoms with Crippen LogP contribution >= 0.6 is 0 Å². The molecule has 106 valence electrons. The molecular weight excluding hydrogens is 260 g/mol. The Morgan fingerprint density at radius 2 is 1.40 bits per heavy atom. The fourth-order valence-electron chi connectivity index (χ4n) is 1.83. The van der Waals surface area contributed by atoms with Gasteiger partial charge in [0.25, 0.3) is 0 Å². The van der Waals surface area contributed by atoms with Crippen LogP contribution in [0.3, 0.4) is 0 Å². The SMILES string of the molecule is CC(=O)CC(=O)c1ccc(N)c(C(=O)CC(C)=O)c1N. The molecule has 0 saturated carbocycles. The number of nitrogen functional groups attached to an aromatic ring is 2. The number of nitrogens with two attached hydrogens (primary N) is 2. The van der Waals surface area contributed by atoms with Crippen LogP contribution < -0.4 is 11.5 Å². The van der Waals surface area contributed by atoms with Gasteiger partial charge in [0.2, 0.25) is 0 Å². The monoisotopic (exact) mass is 276 g/mol. The number of benzene rings is 1. The maximum atomic E-state index is 11.9. The van der Waals surface area contributed by atoms with Gasteiger partial charge in [0, 0.05) is 11.3 Å². The number of rotatable bonds is 6. The van der Waals surface area contributed by atoms with Crippen LogP contribution in [0.15, 0.2) is 12.1 Å². The van der Waals surface area contributed by atoms with Crippen molar-refractivity contribution in [1.29, 1.82) is 0 Å². The van der Waals surface area contributed by atoms with E-state index in [2.05, 4.69) is 0 Å². The molecule has 0 aliphatic heterocycles. The zero-order valence-corrected chi connectivity index (χ0v) is 11.4. The topological polar surface area (TPSA) is 120 Å². The average Bonchev–Trinajstić information content (AvgIpc) is 2.26. The van der Waals surface area contributed by atoms with E-state index in [-0.39, 0.29) is 46.9 Å². The summed E-state index contributed by atoms with van der Waals surface area (Å²) in [5, 5.41) is 0. The molecule has 0 saturated heterocycles. The fraction of sp³-hybridized carbons (Fsp3) is 0.286. The van der Waals surface area contributed by atoms with E-state index in [9.17, 15) is 19.2 Å². The first kappa shape index (κ1) is 15.6. The summed E-state index contributed by atoms with van der Waals surface area (Å²) in [6, 6.07) is 2.75. The third-order valence-corrected chi connectivity index (χ3v) is 2.68. The highest BCUT2D eigenvalue weighted by Gasteiger charge is 2.21. The van der Waals surface area contributed by atoms with Gasteiger partial charge in [-0.25, -0.2) is 0 Å². The molecule has 6 heteroatoms. The van der Waals surface area contributed by atoms with E-state index in [1.54, 1.807) is 0 Å². The lowest BCUT2D eigenvalue weighted by Crippen LogP contribution is -2.15. The van der Waals surface area contributed by atoms with Gasteiger partial charge in [-0.05, 0) is 26.0 Å². The van der Waals surface area contributed by atoms with E-state index in [4.69, 9.17) is 11.5 Å². The Kier molecular flexibility index (Phi) is 4.74. The minimum atomic E-state index is -0.537. The molecule has 0 aromatic heterocycles. The summed E-state index contributed by atoms with van der Waals surface area (Å²) in [7, 11) is 0. The maximum absolute atomic E-state index is 11.9. The highest BCUT2D eigenvalue weighted by Crippen LogP contribution is 2.26. The van der Waals surface area contributed by atoms with Gasteiger partial charge in [0.1, 0.15) is 11.6 Å². The van der Waals surface area contributed by atoms with Crippen molar-refractivity contribution in [3.8, 4) is 0 Å². The second-order valence-electron chi connectivity index (χ2n) is 4.59. The number of carbonyl (C=O) groups is 4. The van der Waals surface area contributed by atoms with E-state index in [0.29, 0.717) is 0 Å². The fourth-order valence-corrected chi connectivity index (χ4v) is 1.83. The zero-order valence-electron chi connectivity index (χ0n) is 11.4. The van der Waals surface area contributed by atoms with Crippen LogP contribution in [0.5, 0.6) is 0 Å². The number of ketones is 4. The molecule has 0 amide bonds. The number of anilines is 2. The van der Waals surface area contributed by atoms with Crippen molar-refractivity contribution in [1.82, 2.24) is 0 Å². The summed E-state index contributed by atoms with van der Waals surface area (Å²) in [6.45, 7) is 2.56. The summed E-state index contributed by atoms with van der Waals surface area (Å²) >= 11 is 0. The lowest BCUT2D eigenvalue weighted by molar-refractivity contribution is -0.117. The Morgan fingerprint density at radius 3 is 1.90 bits per heavy atom. The Morgan fingerprint density at radius 1 is 0.900 bits per heavy atom. The molecule has 6 nitrogen and oxygen atoms in total. The standard InChI is InChI=1S/C14H16N2O4/c1-7(17)5-11(19)9-3-4-10(15)13(14(9)16)12(20)6-8(2)18/h3-4H,5-6,15-16H2,1-2H3. The summed E-state index contributed by atoms with van der Waals surface area (Å²) in [5.41, 5.74) is 11.5. The van der Waals surface area contributed by atoms with E-state index in [0.717, 1.165) is 0 Å². The average molecular weight is 276 g/mol. The molecule has 4 N–H and O–H groups in total. The highest BCUT2D eigenvalue weighted by atomic mass is 16.2. The number of Topliss-reactive ketones (excluding diaryl/α,β-unsaturated/α-hetero) is 4. The molecule has 0 spiro atoms. The molecule has 0 bridgehead atoms. The Balaban J connectivity index is 3.26. The molecule has 1 aromatic rings. The van der Waals surface area contributed by atoms with Crippen LogP contribution in [0.25, 0.3) is 0 Å². The molecule has 0 unspecified atom stereocenters. The Hall–Kier alpha value is -2.50. The molecule has 0 atom stereocenters. The van der Waals surface area contributed by atoms with Crippen molar-refractivity contribution in [2.75, 3.05) is 11.5 Å². The quantitative estimate of drug-likeness (QED) is 0.457. The lowest BCUT2D eigenvalue weighted by Gasteiger charge is -2.11. The number of hydrogen-bond acceptors (Lipinski definition) is 6. The number of carbonyl (C=O) groups excluding carboxylic acids is 4. The van der Waals surface area contributed by atoms with Crippen LogP contribution in [-0.4, -0.2) is 23.1 Å². The van der Waals surface area contributed by atoms with Gasteiger partial charge >= 0.3 is 0 Å². The predicted molar refractivity (Wildman–Crippen MR) is 74.5 cm³/mol. The first-order chi connectivity index (χ1) is 9.23. The van der Waals surface area contributed by atoms with Crippen molar-refractivity contribution in [3.05, 3.63) is 23.3 Å². The molecule has 20 heavy (non-hydrogen) atoms. The highest BCUT2D eigenvalue weighted by molar-refractivity contribution is 6.17. The second-order valence-corrected chi connectivity index (χ2v) is 4.59. The van der Waals surface area contributed by atoms with E-state index >= 15 is 0 Å². The minimum absolute atomic E-state index is 0.0328. The van der Waals surface area contributed by atoms with Crippen LogP contribution in [-0.2, 0) is 9.59 Å². The van der Waals surface area contributed by atoms with Gasteiger partial charge in [0.05, 0.1) is 24.1 Å². The van der Waals surface area contributed by atoms with Gasteiger partial charge in [-0.2, -0.15) is 0 Å². The van der Waals surface area contributed by atoms with Crippen LogP contribution in [0.4, 0.5) is 11.4 Å². The molecule has 0 aliphatic rings. The molecular formula is C14H16N2O4. The van der Waals surface area contributed by atoms with Gasteiger partial charge < -0.3 is 11.5 Å². The largest absolute Gasteiger partial charge is 0.398 e. The summed E-state index contributed by atoms with van der Waals surface area (Å²) < 4.78 is 0. The molecule has 0 heterocycles. The first-order valence-corrected chi connectivity index (χ1v) is 5.97. The van der Waals surface area contributed by atoms with Crippen LogP contribution in [0.2, 0.25) is 0 Å². The minimum Gasteiger partial charge on any atom is -0.398 e. The van der Waals surface area contributed by atoms with Crippen molar-refractivity contribution in [3.63, 3.8) is 0 Å². The van der Waals surface area contributed by atoms with Crippen molar-refractivity contribution in [2.45, 2.75) is 26.7 Å². The molecule has 1 rings (SSSR count). The second kappa shape index (κ2) is 6.10. The Labute approximate surface area is 116 Å². The summed E-state index contributed by atoms with van der Waals surface area (Å²) in [4.78, 5) is 45.8. The summed E-state index contributed by atoms with van der Waals surface area (Å²) in [5.74, 6) is -1.64. The Bertz CT molecular complexity index is 605. The lowest BCUT2D eigenvalue weighted by atomic mass is 9.95. The molecule has 0 fully saturated rings. The van der Waals surface area contributed by atoms with Gasteiger partial charge in [0.15, 0.2) is 11.6 Å². The van der Waals surface area contributed by atoms with Crippen molar-refractivity contribution >= 4 is 34.5 Å². The molecule has 0 aliphatic carbocycles. The third-order valence-electron chi connectivity index (χ3n) is 2.68. The van der Waals surface area contributed by atoms with Crippen molar-refractivity contribution in [2.24, 2.45) is 0 Å². The smallest absolute Gasteiger partial charge is 0.174 e. The third kappa shape index (κ3) is 3.50. The van der Waals surface area contributed by atoms with Crippen LogP contribution in [0, 0.1) is 0 Å². The maximum Gasteiger partial charge on any atom is 0.174 e. The zero-order chi connectivity index (χ0) is 15.4. The van der Waals surface area contributed by atoms with Gasteiger partial charge in [-0.3, -0.25) is 19.2 Å². The summed E-state index contributed by atoms with van der Waals surface area (Å²) in [6.07, 6.45) is -0.632. The van der Waals surface area contributed by atoms with E-state index in [1.807, 2.05) is 0 Å². The van der Waals surface area contributed by atoms with E-state index in [1.165, 1.54) is 26.0 Å². The van der Waals surface area contributed by atoms with E-state index < -0.39 is 11.6 Å². The molecule has 1 aromatic carbocycles. The first-order valence-electron chi connectivity index (χ1n) is 5.97. The molecule has 0 radical (unpaired) electrons.